The molecule has 1 aliphatic rings. The molecule has 172 valence electrons. The Morgan fingerprint density at radius 1 is 1.28 bits per heavy atom. The minimum absolute atomic E-state index is 0.0802. The smallest absolute Gasteiger partial charge is 0.452 e. The number of rotatable bonds is 8. The number of sulfonamides is 1. The van der Waals surface area contributed by atoms with E-state index in [0.29, 0.717) is 23.2 Å². The molecule has 1 fully saturated rings. The van der Waals surface area contributed by atoms with E-state index in [2.05, 4.69) is 19.6 Å². The van der Waals surface area contributed by atoms with Crippen LogP contribution in [-0.2, 0) is 27.4 Å². The molecule has 0 aromatic carbocycles. The number of carboxylic acids is 1. The molecule has 0 spiro atoms. The second-order valence-corrected chi connectivity index (χ2v) is 10.0. The highest BCUT2D eigenvalue weighted by atomic mass is 32.2. The molecular formula is C17H14F3N3O7S2. The van der Waals surface area contributed by atoms with Gasteiger partial charge in [-0.05, 0) is 18.6 Å². The Bertz CT molecular complexity index is 1260. The molecule has 3 heterocycles. The molecule has 32 heavy (non-hydrogen) atoms. The third kappa shape index (κ3) is 4.03. The quantitative estimate of drug-likeness (QED) is 0.428. The van der Waals surface area contributed by atoms with Crippen molar-refractivity contribution in [1.82, 2.24) is 15.0 Å². The van der Waals surface area contributed by atoms with E-state index in [1.807, 2.05) is 0 Å². The van der Waals surface area contributed by atoms with Gasteiger partial charge in [0.1, 0.15) is 21.2 Å². The largest absolute Gasteiger partial charge is 0.480 e. The third-order valence-electron chi connectivity index (χ3n) is 4.84. The number of carboxylic acid groups (broad SMARTS) is 1. The fourth-order valence-electron chi connectivity index (χ4n) is 3.15. The van der Waals surface area contributed by atoms with Gasteiger partial charge in [0.2, 0.25) is 5.76 Å². The second-order valence-electron chi connectivity index (χ2n) is 7.02. The Morgan fingerprint density at radius 2 is 2.03 bits per heavy atom. The summed E-state index contributed by atoms with van der Waals surface area (Å²) >= 11 is 0.610. The minimum atomic E-state index is -4.74. The zero-order chi connectivity index (χ0) is 23.3. The minimum Gasteiger partial charge on any atom is -0.480 e. The summed E-state index contributed by atoms with van der Waals surface area (Å²) in [5, 5.41) is 25.7. The highest BCUT2D eigenvalue weighted by Gasteiger charge is 2.64. The number of aromatic nitrogens is 2. The number of alkyl halides is 3. The summed E-state index contributed by atoms with van der Waals surface area (Å²) in [6.45, 7) is -0.202. The zero-order valence-corrected chi connectivity index (χ0v) is 17.4. The number of hydrogen-bond donors (Lipinski definition) is 3. The predicted octanol–water partition coefficient (Wildman–Crippen LogP) is 2.23. The van der Waals surface area contributed by atoms with E-state index in [9.17, 15) is 31.5 Å². The Hall–Kier alpha value is -2.75. The van der Waals surface area contributed by atoms with Gasteiger partial charge in [0.25, 0.3) is 10.0 Å². The summed E-state index contributed by atoms with van der Waals surface area (Å²) in [6, 6.07) is 4.46. The second kappa shape index (κ2) is 7.68. The molecule has 2 unspecified atom stereocenters. The molecule has 10 nitrogen and oxygen atoms in total. The lowest BCUT2D eigenvalue weighted by Crippen LogP contribution is -2.44. The van der Waals surface area contributed by atoms with E-state index in [-0.39, 0.29) is 39.9 Å². The van der Waals surface area contributed by atoms with Crippen molar-refractivity contribution in [3.8, 4) is 10.6 Å². The summed E-state index contributed by atoms with van der Waals surface area (Å²) in [7, 11) is -4.34. The van der Waals surface area contributed by atoms with E-state index in [0.717, 1.165) is 6.07 Å². The number of nitrogens with zero attached hydrogens (tertiary/aromatic N) is 2. The molecule has 3 N–H and O–H groups in total. The SMILES string of the molecule is O=C(O)C1(NS(=O)(=O)c2ccc(-c3cc(C(F)(F)F)on3)s2)CC1c1cc(CCO)on1. The molecule has 0 saturated heterocycles. The topological polar surface area (TPSA) is 156 Å². The first-order valence-electron chi connectivity index (χ1n) is 8.94. The van der Waals surface area contributed by atoms with Crippen molar-refractivity contribution in [2.24, 2.45) is 0 Å². The number of thiophene rings is 1. The van der Waals surface area contributed by atoms with Gasteiger partial charge >= 0.3 is 12.1 Å². The number of nitrogens with one attached hydrogen (secondary N) is 1. The van der Waals surface area contributed by atoms with Crippen LogP contribution in [0.3, 0.4) is 0 Å². The normalized spacial score (nSPS) is 21.1. The van der Waals surface area contributed by atoms with Crippen molar-refractivity contribution in [3.05, 3.63) is 41.5 Å². The summed E-state index contributed by atoms with van der Waals surface area (Å²) in [5.41, 5.74) is -1.83. The fourth-order valence-corrected chi connectivity index (χ4v) is 5.81. The maximum absolute atomic E-state index is 12.8. The molecule has 4 rings (SSSR count). The number of aliphatic hydroxyl groups excluding tert-OH is 1. The van der Waals surface area contributed by atoms with Crippen LogP contribution < -0.4 is 4.72 Å². The van der Waals surface area contributed by atoms with E-state index in [4.69, 9.17) is 9.63 Å². The number of carbonyl (C=O) groups is 1. The van der Waals surface area contributed by atoms with Gasteiger partial charge in [-0.3, -0.25) is 4.79 Å². The fraction of sp³-hybridized carbons (Fsp3) is 0.353. The van der Waals surface area contributed by atoms with Gasteiger partial charge in [-0.1, -0.05) is 10.3 Å². The molecule has 0 aliphatic heterocycles. The van der Waals surface area contributed by atoms with Crippen molar-refractivity contribution in [2.45, 2.75) is 34.7 Å². The van der Waals surface area contributed by atoms with Crippen molar-refractivity contribution in [2.75, 3.05) is 6.61 Å². The number of halogens is 3. The number of aliphatic hydroxyl groups is 1. The zero-order valence-electron chi connectivity index (χ0n) is 15.8. The van der Waals surface area contributed by atoms with Crippen molar-refractivity contribution in [3.63, 3.8) is 0 Å². The number of hydrogen-bond acceptors (Lipinski definition) is 9. The summed E-state index contributed by atoms with van der Waals surface area (Å²) < 4.78 is 74.8. The molecule has 2 atom stereocenters. The van der Waals surface area contributed by atoms with Crippen LogP contribution in [0.1, 0.15) is 29.6 Å². The van der Waals surface area contributed by atoms with Crippen LogP contribution in [-0.4, -0.2) is 47.1 Å². The van der Waals surface area contributed by atoms with Crippen molar-refractivity contribution >= 4 is 27.3 Å². The van der Waals surface area contributed by atoms with Crippen LogP contribution in [0.5, 0.6) is 0 Å². The van der Waals surface area contributed by atoms with Crippen molar-refractivity contribution in [1.29, 1.82) is 0 Å². The number of aliphatic carboxylic acids is 1. The average molecular weight is 493 g/mol. The molecule has 0 bridgehead atoms. The maximum Gasteiger partial charge on any atom is 0.452 e. The van der Waals surface area contributed by atoms with Gasteiger partial charge in [0, 0.05) is 24.5 Å². The van der Waals surface area contributed by atoms with E-state index in [1.54, 1.807) is 0 Å². The summed E-state index contributed by atoms with van der Waals surface area (Å²) in [5.74, 6) is -3.22. The van der Waals surface area contributed by atoms with Crippen LogP contribution in [0.25, 0.3) is 10.6 Å². The maximum atomic E-state index is 12.8. The highest BCUT2D eigenvalue weighted by Crippen LogP contribution is 2.52. The molecule has 3 aromatic heterocycles. The van der Waals surface area contributed by atoms with E-state index in [1.165, 1.54) is 12.1 Å². The molecular weight excluding hydrogens is 479 g/mol. The first-order chi connectivity index (χ1) is 15.0. The average Bonchev–Trinajstić information content (AvgIpc) is 3.18. The molecule has 15 heteroatoms. The van der Waals surface area contributed by atoms with Gasteiger partial charge < -0.3 is 19.3 Å². The molecule has 1 aliphatic carbocycles. The Labute approximate surface area is 181 Å². The summed E-state index contributed by atoms with van der Waals surface area (Å²) in [4.78, 5) is 12.0. The molecule has 1 saturated carbocycles. The van der Waals surface area contributed by atoms with Crippen LogP contribution >= 0.6 is 11.3 Å². The molecule has 0 amide bonds. The Kier molecular flexibility index (Phi) is 5.39. The van der Waals surface area contributed by atoms with Crippen LogP contribution in [0.15, 0.2) is 37.5 Å². The van der Waals surface area contributed by atoms with Gasteiger partial charge in [-0.25, -0.2) is 8.42 Å². The van der Waals surface area contributed by atoms with Crippen LogP contribution in [0, 0.1) is 0 Å². The standard InChI is InChI=1S/C17H14F3N3O7S2/c18-17(19,20)13-6-11(22-30-13)12-1-2-14(31-12)32(27,28)23-16(15(25)26)7-9(16)10-5-8(3-4-24)29-21-10/h1-2,5-6,9,23-24H,3-4,7H2,(H,25,26). The molecule has 3 aromatic rings. The lowest BCUT2D eigenvalue weighted by molar-refractivity contribution is -0.155. The van der Waals surface area contributed by atoms with Gasteiger partial charge in [-0.2, -0.15) is 17.9 Å². The monoisotopic (exact) mass is 493 g/mol. The van der Waals surface area contributed by atoms with Crippen LogP contribution in [0.2, 0.25) is 0 Å². The molecule has 0 radical (unpaired) electrons. The third-order valence-corrected chi connectivity index (χ3v) is 7.95. The Balaban J connectivity index is 1.56. The lowest BCUT2D eigenvalue weighted by atomic mass is 10.1. The van der Waals surface area contributed by atoms with Crippen molar-refractivity contribution < 1.29 is 45.6 Å². The van der Waals surface area contributed by atoms with Gasteiger partial charge in [0.15, 0.2) is 0 Å². The summed E-state index contributed by atoms with van der Waals surface area (Å²) in [6.07, 6.45) is -4.66. The lowest BCUT2D eigenvalue weighted by Gasteiger charge is -2.13. The van der Waals surface area contributed by atoms with E-state index >= 15 is 0 Å². The van der Waals surface area contributed by atoms with E-state index < -0.39 is 39.4 Å². The first kappa shape index (κ1) is 22.4. The van der Waals surface area contributed by atoms with Crippen LogP contribution in [0.4, 0.5) is 13.2 Å². The Morgan fingerprint density at radius 3 is 2.66 bits per heavy atom. The highest BCUT2D eigenvalue weighted by molar-refractivity contribution is 7.91. The van der Waals surface area contributed by atoms with Gasteiger partial charge in [-0.15, -0.1) is 11.3 Å². The predicted molar refractivity (Wildman–Crippen MR) is 100 cm³/mol. The van der Waals surface area contributed by atoms with Gasteiger partial charge in [0.05, 0.1) is 17.2 Å². The first-order valence-corrected chi connectivity index (χ1v) is 11.2.